The molecule has 198 valence electrons. The smallest absolute Gasteiger partial charge is 0.407 e. The zero-order valence-corrected chi connectivity index (χ0v) is 24.1. The Morgan fingerprint density at radius 3 is 2.29 bits per heavy atom. The molecule has 0 heterocycles. The van der Waals surface area contributed by atoms with Gasteiger partial charge in [0.25, 0.3) is 0 Å². The third kappa shape index (κ3) is 9.72. The number of ether oxygens (including phenoxy) is 1. The maximum atomic E-state index is 13.0. The maximum Gasteiger partial charge on any atom is 0.407 e. The molecule has 0 aromatic heterocycles. The van der Waals surface area contributed by atoms with Crippen LogP contribution in [-0.2, 0) is 20.6 Å². The molecule has 1 aliphatic carbocycles. The summed E-state index contributed by atoms with van der Waals surface area (Å²) < 4.78 is 12.6. The summed E-state index contributed by atoms with van der Waals surface area (Å²) in [6.45, 7) is 15.6. The van der Waals surface area contributed by atoms with Crippen molar-refractivity contribution in [1.29, 1.82) is 0 Å². The Kier molecular flexibility index (Phi) is 11.5. The van der Waals surface area contributed by atoms with Crippen LogP contribution in [0.2, 0.25) is 18.1 Å². The van der Waals surface area contributed by atoms with Gasteiger partial charge in [-0.15, -0.1) is 0 Å². The van der Waals surface area contributed by atoms with E-state index in [4.69, 9.17) is 9.16 Å². The second-order valence-corrected chi connectivity index (χ2v) is 17.0. The average molecular weight is 504 g/mol. The van der Waals surface area contributed by atoms with Crippen molar-refractivity contribution in [2.45, 2.75) is 116 Å². The molecule has 0 spiro atoms. The second kappa shape index (κ2) is 13.6. The van der Waals surface area contributed by atoms with Gasteiger partial charge in [-0.2, -0.15) is 0 Å². The van der Waals surface area contributed by atoms with Gasteiger partial charge in [-0.25, -0.2) is 4.79 Å². The predicted octanol–water partition coefficient (Wildman–Crippen LogP) is 7.50. The first-order chi connectivity index (χ1) is 16.4. The van der Waals surface area contributed by atoms with Gasteiger partial charge in [0.05, 0.1) is 12.1 Å². The minimum Gasteiger partial charge on any atom is -0.445 e. The fraction of sp³-hybridized carbons (Fsp3) is 0.724. The van der Waals surface area contributed by atoms with Crippen molar-refractivity contribution < 1.29 is 18.8 Å². The van der Waals surface area contributed by atoms with E-state index in [2.05, 4.69) is 53.0 Å². The highest BCUT2D eigenvalue weighted by Gasteiger charge is 2.42. The zero-order valence-electron chi connectivity index (χ0n) is 23.1. The molecule has 1 saturated carbocycles. The van der Waals surface area contributed by atoms with Crippen LogP contribution in [0, 0.1) is 17.8 Å². The first kappa shape index (κ1) is 29.6. The van der Waals surface area contributed by atoms with Gasteiger partial charge in [0.15, 0.2) is 8.32 Å². The van der Waals surface area contributed by atoms with E-state index in [0.29, 0.717) is 12.3 Å². The summed E-state index contributed by atoms with van der Waals surface area (Å²) in [6.07, 6.45) is 8.06. The van der Waals surface area contributed by atoms with Crippen molar-refractivity contribution >= 4 is 20.7 Å². The molecule has 1 aromatic carbocycles. The fourth-order valence-corrected chi connectivity index (χ4v) is 5.98. The standard InChI is InChI=1S/C29H49NO4Si/c1-22(2)25(20-31)19-27(34-35(6,7)29(3,4)5)26(18-23-14-10-8-11-15-23)30-28(32)33-21-24-16-12-9-13-17-24/h9,12-13,16-17,20,22-23,25-27H,8,10-11,14-15,18-19,21H2,1-7H3,(H,30,32)/t25-,26+,27+/m1/s1. The van der Waals surface area contributed by atoms with Crippen molar-refractivity contribution in [3.05, 3.63) is 35.9 Å². The van der Waals surface area contributed by atoms with Crippen molar-refractivity contribution in [1.82, 2.24) is 5.32 Å². The van der Waals surface area contributed by atoms with Gasteiger partial charge in [-0.3, -0.25) is 0 Å². The summed E-state index contributed by atoms with van der Waals surface area (Å²) in [4.78, 5) is 25.0. The first-order valence-electron chi connectivity index (χ1n) is 13.5. The molecule has 6 heteroatoms. The lowest BCUT2D eigenvalue weighted by Crippen LogP contribution is -2.53. The Balaban J connectivity index is 2.26. The normalized spacial score (nSPS) is 18.1. The Hall–Kier alpha value is -1.66. The molecule has 0 unspecified atom stereocenters. The number of nitrogens with one attached hydrogen (secondary N) is 1. The van der Waals surface area contributed by atoms with Crippen LogP contribution >= 0.6 is 0 Å². The molecule has 1 fully saturated rings. The fourth-order valence-electron chi connectivity index (χ4n) is 4.60. The van der Waals surface area contributed by atoms with E-state index in [1.807, 2.05) is 30.3 Å². The molecule has 0 radical (unpaired) electrons. The predicted molar refractivity (Wildman–Crippen MR) is 146 cm³/mol. The van der Waals surface area contributed by atoms with Gasteiger partial charge in [-0.1, -0.05) is 97.1 Å². The van der Waals surface area contributed by atoms with Crippen molar-refractivity contribution in [3.8, 4) is 0 Å². The van der Waals surface area contributed by atoms with Gasteiger partial charge >= 0.3 is 6.09 Å². The summed E-state index contributed by atoms with van der Waals surface area (Å²) in [5, 5.41) is 3.23. The van der Waals surface area contributed by atoms with Crippen LogP contribution in [0.15, 0.2) is 30.3 Å². The Bertz CT molecular complexity index is 769. The number of amides is 1. The molecule has 2 rings (SSSR count). The summed E-state index contributed by atoms with van der Waals surface area (Å²) in [6, 6.07) is 9.55. The zero-order chi connectivity index (χ0) is 26.1. The lowest BCUT2D eigenvalue weighted by atomic mass is 9.81. The monoisotopic (exact) mass is 503 g/mol. The summed E-state index contributed by atoms with van der Waals surface area (Å²) in [5.74, 6) is 0.668. The van der Waals surface area contributed by atoms with Gasteiger partial charge in [0.2, 0.25) is 0 Å². The lowest BCUT2D eigenvalue weighted by Gasteiger charge is -2.43. The number of rotatable bonds is 12. The highest BCUT2D eigenvalue weighted by atomic mass is 28.4. The van der Waals surface area contributed by atoms with Gasteiger partial charge in [0, 0.05) is 5.92 Å². The average Bonchev–Trinajstić information content (AvgIpc) is 2.80. The molecule has 1 amide bonds. The van der Waals surface area contributed by atoms with E-state index < -0.39 is 14.4 Å². The maximum absolute atomic E-state index is 13.0. The van der Waals surface area contributed by atoms with Crippen LogP contribution in [0.3, 0.4) is 0 Å². The van der Waals surface area contributed by atoms with E-state index in [1.54, 1.807) is 0 Å². The van der Waals surface area contributed by atoms with E-state index in [9.17, 15) is 9.59 Å². The Morgan fingerprint density at radius 1 is 1.11 bits per heavy atom. The van der Waals surface area contributed by atoms with E-state index >= 15 is 0 Å². The molecule has 35 heavy (non-hydrogen) atoms. The van der Waals surface area contributed by atoms with Crippen LogP contribution in [0.5, 0.6) is 0 Å². The molecular formula is C29H49NO4Si. The van der Waals surface area contributed by atoms with Crippen molar-refractivity contribution in [2.24, 2.45) is 17.8 Å². The van der Waals surface area contributed by atoms with Crippen molar-refractivity contribution in [3.63, 3.8) is 0 Å². The molecule has 1 aliphatic rings. The number of carbonyl (C=O) groups excluding carboxylic acids is 2. The number of hydrogen-bond acceptors (Lipinski definition) is 4. The van der Waals surface area contributed by atoms with Crippen LogP contribution in [0.25, 0.3) is 0 Å². The Morgan fingerprint density at radius 2 is 1.74 bits per heavy atom. The highest BCUT2D eigenvalue weighted by Crippen LogP contribution is 2.39. The SMILES string of the molecule is CC(C)[C@@H](C=O)C[C@H](O[Si](C)(C)C(C)(C)C)[C@H](CC1CCCCC1)NC(=O)OCc1ccccc1. The molecule has 0 bridgehead atoms. The van der Waals surface area contributed by atoms with E-state index in [1.165, 1.54) is 32.1 Å². The van der Waals surface area contributed by atoms with Crippen LogP contribution in [0.4, 0.5) is 4.79 Å². The number of carbonyl (C=O) groups is 2. The molecular weight excluding hydrogens is 454 g/mol. The minimum absolute atomic E-state index is 0.0307. The minimum atomic E-state index is -2.14. The number of benzene rings is 1. The van der Waals surface area contributed by atoms with Gasteiger partial charge < -0.3 is 19.3 Å². The summed E-state index contributed by atoms with van der Waals surface area (Å²) >= 11 is 0. The number of hydrogen-bond donors (Lipinski definition) is 1. The number of alkyl carbamates (subject to hydrolysis) is 1. The molecule has 0 aliphatic heterocycles. The molecule has 5 nitrogen and oxygen atoms in total. The molecule has 0 saturated heterocycles. The molecule has 3 atom stereocenters. The third-order valence-corrected chi connectivity index (χ3v) is 12.6. The summed E-state index contributed by atoms with van der Waals surface area (Å²) in [5.41, 5.74) is 0.960. The van der Waals surface area contributed by atoms with Gasteiger partial charge in [-0.05, 0) is 48.4 Å². The quantitative estimate of drug-likeness (QED) is 0.237. The Labute approximate surface area is 214 Å². The number of aldehydes is 1. The van der Waals surface area contributed by atoms with E-state index in [0.717, 1.165) is 18.3 Å². The van der Waals surface area contributed by atoms with Crippen molar-refractivity contribution in [2.75, 3.05) is 0 Å². The van der Waals surface area contributed by atoms with E-state index in [-0.39, 0.29) is 35.6 Å². The topological polar surface area (TPSA) is 64.6 Å². The highest BCUT2D eigenvalue weighted by molar-refractivity contribution is 6.74. The van der Waals surface area contributed by atoms with Crippen LogP contribution in [-0.4, -0.2) is 32.8 Å². The second-order valence-electron chi connectivity index (χ2n) is 12.2. The molecule has 1 N–H and O–H groups in total. The molecule has 1 aromatic rings. The van der Waals surface area contributed by atoms with Crippen LogP contribution in [0.1, 0.15) is 85.1 Å². The third-order valence-electron chi connectivity index (χ3n) is 8.06. The lowest BCUT2D eigenvalue weighted by molar-refractivity contribution is -0.113. The largest absolute Gasteiger partial charge is 0.445 e. The summed E-state index contributed by atoms with van der Waals surface area (Å²) in [7, 11) is -2.14. The van der Waals surface area contributed by atoms with Gasteiger partial charge in [0.1, 0.15) is 12.9 Å². The van der Waals surface area contributed by atoms with Crippen LogP contribution < -0.4 is 5.32 Å². The first-order valence-corrected chi connectivity index (χ1v) is 16.4.